The molecular formula is C7H7NO3S2. The Bertz CT molecular complexity index is 453. The molecule has 6 heteroatoms. The predicted octanol–water partition coefficient (Wildman–Crippen LogP) is 0.231. The molecule has 0 unspecified atom stereocenters. The second-order valence-electron chi connectivity index (χ2n) is 2.43. The number of hydrogen-bond acceptors (Lipinski definition) is 3. The molecule has 0 atom stereocenters. The normalized spacial score (nSPS) is 17.1. The summed E-state index contributed by atoms with van der Waals surface area (Å²) in [6.07, 6.45) is 0. The predicted molar refractivity (Wildman–Crippen MR) is 51.5 cm³/mol. The molecule has 2 rings (SSSR count). The van der Waals surface area contributed by atoms with E-state index in [1.807, 2.05) is 4.72 Å². The molecule has 1 aromatic rings. The van der Waals surface area contributed by atoms with Gasteiger partial charge >= 0.3 is 0 Å². The number of carbonyl (C=O) groups is 1. The van der Waals surface area contributed by atoms with Gasteiger partial charge in [0.05, 0.1) is 5.56 Å². The van der Waals surface area contributed by atoms with Gasteiger partial charge in [0.2, 0.25) is 0 Å². The van der Waals surface area contributed by atoms with Crippen molar-refractivity contribution in [3.05, 3.63) is 29.8 Å². The van der Waals surface area contributed by atoms with Crippen molar-refractivity contribution in [2.75, 3.05) is 0 Å². The van der Waals surface area contributed by atoms with E-state index < -0.39 is 15.9 Å². The van der Waals surface area contributed by atoms with Crippen LogP contribution < -0.4 is 4.72 Å². The van der Waals surface area contributed by atoms with E-state index in [2.05, 4.69) is 0 Å². The number of nitrogens with one attached hydrogen (secondary N) is 1. The van der Waals surface area contributed by atoms with Crippen molar-refractivity contribution in [1.29, 1.82) is 0 Å². The topological polar surface area (TPSA) is 63.2 Å². The van der Waals surface area contributed by atoms with Gasteiger partial charge in [0.25, 0.3) is 15.9 Å². The van der Waals surface area contributed by atoms with Gasteiger partial charge in [0.1, 0.15) is 4.90 Å². The van der Waals surface area contributed by atoms with Gasteiger partial charge in [-0.25, -0.2) is 13.1 Å². The number of benzene rings is 1. The first-order valence-electron chi connectivity index (χ1n) is 3.27. The maximum atomic E-state index is 11.1. The van der Waals surface area contributed by atoms with Crippen LogP contribution in [-0.4, -0.2) is 14.3 Å². The quantitative estimate of drug-likeness (QED) is 0.676. The van der Waals surface area contributed by atoms with Crippen LogP contribution in [0.1, 0.15) is 10.4 Å². The fourth-order valence-corrected chi connectivity index (χ4v) is 2.29. The van der Waals surface area contributed by atoms with Gasteiger partial charge < -0.3 is 0 Å². The molecule has 1 N–H and O–H groups in total. The van der Waals surface area contributed by atoms with Crippen LogP contribution in [0, 0.1) is 0 Å². The van der Waals surface area contributed by atoms with Crippen molar-refractivity contribution in [3.63, 3.8) is 0 Å². The minimum Gasteiger partial charge on any atom is -0.268 e. The Labute approximate surface area is 82.5 Å². The molecule has 1 amide bonds. The molecule has 1 aromatic carbocycles. The Morgan fingerprint density at radius 1 is 1.15 bits per heavy atom. The van der Waals surface area contributed by atoms with Crippen molar-refractivity contribution < 1.29 is 13.2 Å². The largest absolute Gasteiger partial charge is 0.268 e. The van der Waals surface area contributed by atoms with E-state index in [9.17, 15) is 13.2 Å². The van der Waals surface area contributed by atoms with E-state index in [1.54, 1.807) is 12.1 Å². The molecule has 13 heavy (non-hydrogen) atoms. The highest BCUT2D eigenvalue weighted by Crippen LogP contribution is 2.20. The molecule has 0 spiro atoms. The minimum atomic E-state index is -3.55. The highest BCUT2D eigenvalue weighted by atomic mass is 32.2. The Hall–Kier alpha value is -1.01. The molecule has 0 bridgehead atoms. The first-order valence-corrected chi connectivity index (χ1v) is 4.76. The minimum absolute atomic E-state index is 0. The van der Waals surface area contributed by atoms with Gasteiger partial charge in [0.15, 0.2) is 0 Å². The van der Waals surface area contributed by atoms with Gasteiger partial charge in [-0.2, -0.15) is 13.5 Å². The van der Waals surface area contributed by atoms with Crippen LogP contribution in [0.4, 0.5) is 0 Å². The molecule has 0 radical (unpaired) electrons. The average Bonchev–Trinajstić information content (AvgIpc) is 2.25. The highest BCUT2D eigenvalue weighted by molar-refractivity contribution is 7.90. The zero-order chi connectivity index (χ0) is 8.77. The van der Waals surface area contributed by atoms with E-state index in [1.165, 1.54) is 12.1 Å². The monoisotopic (exact) mass is 217 g/mol. The standard InChI is InChI=1S/C7H5NO3S.H2S/c9-7-5-3-1-2-4-6(5)12(10,11)8-7;/h1-4H,(H,8,9);1H2. The van der Waals surface area contributed by atoms with Crippen LogP contribution in [0.25, 0.3) is 0 Å². The van der Waals surface area contributed by atoms with Crippen molar-refractivity contribution in [2.45, 2.75) is 4.90 Å². The van der Waals surface area contributed by atoms with Gasteiger partial charge in [-0.05, 0) is 12.1 Å². The average molecular weight is 217 g/mol. The zero-order valence-electron chi connectivity index (χ0n) is 6.44. The Morgan fingerprint density at radius 3 is 2.38 bits per heavy atom. The first kappa shape index (κ1) is 10.1. The van der Waals surface area contributed by atoms with E-state index >= 15 is 0 Å². The van der Waals surface area contributed by atoms with Crippen LogP contribution in [0.2, 0.25) is 0 Å². The second kappa shape index (κ2) is 3.04. The number of hydrogen-bond donors (Lipinski definition) is 1. The van der Waals surface area contributed by atoms with Crippen LogP contribution in [-0.2, 0) is 10.0 Å². The zero-order valence-corrected chi connectivity index (χ0v) is 8.26. The van der Waals surface area contributed by atoms with Gasteiger partial charge in [-0.3, -0.25) is 4.79 Å². The summed E-state index contributed by atoms with van der Waals surface area (Å²) in [5.41, 5.74) is 0.220. The van der Waals surface area contributed by atoms with Crippen molar-refractivity contribution >= 4 is 29.4 Å². The van der Waals surface area contributed by atoms with Crippen LogP contribution in [0.3, 0.4) is 0 Å². The smallest absolute Gasteiger partial charge is 0.266 e. The van der Waals surface area contributed by atoms with Gasteiger partial charge in [0, 0.05) is 0 Å². The Kier molecular flexibility index (Phi) is 2.36. The van der Waals surface area contributed by atoms with E-state index in [0.29, 0.717) is 0 Å². The molecule has 70 valence electrons. The number of carbonyl (C=O) groups excluding carboxylic acids is 1. The molecule has 1 heterocycles. The van der Waals surface area contributed by atoms with Gasteiger partial charge in [-0.15, -0.1) is 0 Å². The lowest BCUT2D eigenvalue weighted by Crippen LogP contribution is -2.20. The summed E-state index contributed by atoms with van der Waals surface area (Å²) < 4.78 is 24.2. The summed E-state index contributed by atoms with van der Waals surface area (Å²) in [6, 6.07) is 6.09. The molecule has 0 saturated carbocycles. The first-order chi connectivity index (χ1) is 5.61. The molecule has 1 aliphatic heterocycles. The maximum absolute atomic E-state index is 11.1. The SMILES string of the molecule is O=C1NS(=O)(=O)c2ccccc21.S. The Balaban J connectivity index is 0.000000845. The fraction of sp³-hybridized carbons (Fsp3) is 0. The number of amides is 1. The number of sulfonamides is 1. The summed E-state index contributed by atoms with van der Waals surface area (Å²) in [7, 11) is -3.55. The highest BCUT2D eigenvalue weighted by Gasteiger charge is 2.31. The summed E-state index contributed by atoms with van der Waals surface area (Å²) in [5.74, 6) is -0.550. The molecule has 0 aliphatic carbocycles. The molecule has 4 nitrogen and oxygen atoms in total. The summed E-state index contributed by atoms with van der Waals surface area (Å²) in [5, 5.41) is 0. The second-order valence-corrected chi connectivity index (χ2v) is 4.08. The molecule has 1 aliphatic rings. The molecule has 0 saturated heterocycles. The lowest BCUT2D eigenvalue weighted by Gasteiger charge is -1.91. The van der Waals surface area contributed by atoms with Gasteiger partial charge in [-0.1, -0.05) is 12.1 Å². The van der Waals surface area contributed by atoms with E-state index in [0.717, 1.165) is 0 Å². The summed E-state index contributed by atoms with van der Waals surface area (Å²) >= 11 is 0. The van der Waals surface area contributed by atoms with Crippen molar-refractivity contribution in [1.82, 2.24) is 4.72 Å². The number of fused-ring (bicyclic) bond motifs is 1. The van der Waals surface area contributed by atoms with Crippen LogP contribution >= 0.6 is 13.5 Å². The molecule has 0 aromatic heterocycles. The lowest BCUT2D eigenvalue weighted by atomic mass is 10.2. The van der Waals surface area contributed by atoms with Crippen molar-refractivity contribution in [3.8, 4) is 0 Å². The third-order valence-corrected chi connectivity index (χ3v) is 3.04. The van der Waals surface area contributed by atoms with Crippen LogP contribution in [0.15, 0.2) is 29.2 Å². The fourth-order valence-electron chi connectivity index (χ4n) is 1.12. The number of rotatable bonds is 0. The van der Waals surface area contributed by atoms with E-state index in [-0.39, 0.29) is 24.0 Å². The molecular weight excluding hydrogens is 210 g/mol. The third-order valence-electron chi connectivity index (χ3n) is 1.65. The van der Waals surface area contributed by atoms with Crippen LogP contribution in [0.5, 0.6) is 0 Å². The summed E-state index contributed by atoms with van der Waals surface area (Å²) in [6.45, 7) is 0. The molecule has 0 fully saturated rings. The van der Waals surface area contributed by atoms with E-state index in [4.69, 9.17) is 0 Å². The Morgan fingerprint density at radius 2 is 1.77 bits per heavy atom. The maximum Gasteiger partial charge on any atom is 0.266 e. The van der Waals surface area contributed by atoms with Crippen molar-refractivity contribution in [2.24, 2.45) is 0 Å². The third kappa shape index (κ3) is 1.42. The summed E-state index contributed by atoms with van der Waals surface area (Å²) in [4.78, 5) is 11.1. The lowest BCUT2D eigenvalue weighted by molar-refractivity contribution is 0.0985.